The van der Waals surface area contributed by atoms with E-state index in [1.54, 1.807) is 49.4 Å². The summed E-state index contributed by atoms with van der Waals surface area (Å²) in [6.45, 7) is 1.74. The van der Waals surface area contributed by atoms with Crippen LogP contribution in [0.5, 0.6) is 0 Å². The molecule has 4 rings (SSSR count). The van der Waals surface area contributed by atoms with Gasteiger partial charge in [0.15, 0.2) is 0 Å². The zero-order valence-corrected chi connectivity index (χ0v) is 15.4. The van der Waals surface area contributed by atoms with Crippen molar-refractivity contribution in [2.45, 2.75) is 13.0 Å². The van der Waals surface area contributed by atoms with Gasteiger partial charge in [0.2, 0.25) is 5.95 Å². The number of hydrogen-bond donors (Lipinski definition) is 1. The molecule has 2 aromatic heterocycles. The number of anilines is 1. The van der Waals surface area contributed by atoms with Gasteiger partial charge >= 0.3 is 5.91 Å². The Bertz CT molecular complexity index is 1090. The van der Waals surface area contributed by atoms with Crippen LogP contribution in [0.25, 0.3) is 5.76 Å². The van der Waals surface area contributed by atoms with Crippen molar-refractivity contribution in [3.63, 3.8) is 0 Å². The number of rotatable bonds is 3. The van der Waals surface area contributed by atoms with Gasteiger partial charge < -0.3 is 9.52 Å². The van der Waals surface area contributed by atoms with Gasteiger partial charge in [0.1, 0.15) is 23.3 Å². The van der Waals surface area contributed by atoms with Crippen molar-refractivity contribution >= 4 is 35.0 Å². The highest BCUT2D eigenvalue weighted by Gasteiger charge is 2.49. The van der Waals surface area contributed by atoms with Crippen LogP contribution < -0.4 is 4.90 Å². The van der Waals surface area contributed by atoms with Gasteiger partial charge in [-0.05, 0) is 49.4 Å². The summed E-state index contributed by atoms with van der Waals surface area (Å²) in [4.78, 5) is 34.9. The summed E-state index contributed by atoms with van der Waals surface area (Å²) in [5.41, 5.74) is 0.249. The van der Waals surface area contributed by atoms with E-state index in [1.165, 1.54) is 12.4 Å². The van der Waals surface area contributed by atoms with Crippen LogP contribution in [0.4, 0.5) is 5.95 Å². The first-order chi connectivity index (χ1) is 13.5. The average molecular weight is 396 g/mol. The quantitative estimate of drug-likeness (QED) is 0.413. The maximum absolute atomic E-state index is 12.8. The summed E-state index contributed by atoms with van der Waals surface area (Å²) < 4.78 is 5.68. The van der Waals surface area contributed by atoms with Crippen molar-refractivity contribution in [2.24, 2.45) is 0 Å². The highest BCUT2D eigenvalue weighted by Crippen LogP contribution is 2.41. The summed E-state index contributed by atoms with van der Waals surface area (Å²) >= 11 is 5.90. The fourth-order valence-electron chi connectivity index (χ4n) is 3.09. The van der Waals surface area contributed by atoms with Crippen molar-refractivity contribution in [1.29, 1.82) is 0 Å². The molecule has 1 amide bonds. The van der Waals surface area contributed by atoms with Crippen molar-refractivity contribution in [3.05, 3.63) is 82.5 Å². The minimum atomic E-state index is -0.994. The van der Waals surface area contributed by atoms with E-state index in [1.807, 2.05) is 0 Å². The summed E-state index contributed by atoms with van der Waals surface area (Å²) in [6.07, 6.45) is 2.93. The Hall–Kier alpha value is -3.45. The molecular weight excluding hydrogens is 382 g/mol. The molecule has 0 radical (unpaired) electrons. The number of carbonyl (C=O) groups is 2. The predicted molar refractivity (Wildman–Crippen MR) is 102 cm³/mol. The number of hydrogen-bond acceptors (Lipinski definition) is 6. The van der Waals surface area contributed by atoms with Crippen molar-refractivity contribution in [1.82, 2.24) is 9.97 Å². The first-order valence-electron chi connectivity index (χ1n) is 8.37. The van der Waals surface area contributed by atoms with Gasteiger partial charge in [0.25, 0.3) is 5.78 Å². The van der Waals surface area contributed by atoms with E-state index in [-0.39, 0.29) is 17.3 Å². The molecule has 0 spiro atoms. The molecule has 0 saturated carbocycles. The minimum absolute atomic E-state index is 0.0406. The Kier molecular flexibility index (Phi) is 4.44. The number of halogens is 1. The highest BCUT2D eigenvalue weighted by molar-refractivity contribution is 6.51. The first-order valence-corrected chi connectivity index (χ1v) is 8.75. The molecule has 28 heavy (non-hydrogen) atoms. The monoisotopic (exact) mass is 395 g/mol. The lowest BCUT2D eigenvalue weighted by Gasteiger charge is -2.21. The van der Waals surface area contributed by atoms with Gasteiger partial charge in [-0.2, -0.15) is 0 Å². The smallest absolute Gasteiger partial charge is 0.302 e. The van der Waals surface area contributed by atoms with Gasteiger partial charge in [-0.25, -0.2) is 9.97 Å². The first kappa shape index (κ1) is 17.9. The molecule has 1 aliphatic heterocycles. The van der Waals surface area contributed by atoms with Gasteiger partial charge in [0, 0.05) is 23.0 Å². The van der Waals surface area contributed by atoms with Crippen LogP contribution in [0.3, 0.4) is 0 Å². The lowest BCUT2D eigenvalue weighted by molar-refractivity contribution is -0.132. The van der Waals surface area contributed by atoms with Crippen LogP contribution in [-0.4, -0.2) is 26.8 Å². The fourth-order valence-corrected chi connectivity index (χ4v) is 3.21. The Morgan fingerprint density at radius 2 is 1.79 bits per heavy atom. The summed E-state index contributed by atoms with van der Waals surface area (Å²) in [7, 11) is 0. The number of furan rings is 1. The Morgan fingerprint density at radius 3 is 2.39 bits per heavy atom. The van der Waals surface area contributed by atoms with Gasteiger partial charge in [-0.3, -0.25) is 14.5 Å². The number of aliphatic hydroxyl groups is 1. The van der Waals surface area contributed by atoms with Crippen molar-refractivity contribution in [2.75, 3.05) is 4.90 Å². The number of aryl methyl sites for hydroxylation is 1. The zero-order chi connectivity index (χ0) is 19.8. The SMILES string of the molecule is Cc1ccc(C2/C(=C(/O)c3ccc(Cl)cc3)C(=O)C(=O)N2c2ncccn2)o1. The molecule has 0 aliphatic carbocycles. The number of Topliss-reactive ketones (excluding diaryl/α,β-unsaturated/α-hetero) is 1. The average Bonchev–Trinajstić information content (AvgIpc) is 3.24. The van der Waals surface area contributed by atoms with Crippen molar-refractivity contribution in [3.8, 4) is 0 Å². The van der Waals surface area contributed by atoms with Crippen LogP contribution in [0.2, 0.25) is 5.02 Å². The number of benzene rings is 1. The third kappa shape index (κ3) is 2.95. The van der Waals surface area contributed by atoms with Crippen LogP contribution >= 0.6 is 11.6 Å². The van der Waals surface area contributed by atoms with E-state index in [9.17, 15) is 14.7 Å². The number of amides is 1. The second-order valence-electron chi connectivity index (χ2n) is 6.17. The van der Waals surface area contributed by atoms with Crippen LogP contribution in [0, 0.1) is 6.92 Å². The fraction of sp³-hybridized carbons (Fsp3) is 0.100. The molecule has 1 atom stereocenters. The maximum atomic E-state index is 12.8. The molecule has 1 aromatic carbocycles. The Balaban J connectivity index is 1.93. The van der Waals surface area contributed by atoms with E-state index in [0.29, 0.717) is 22.1 Å². The lowest BCUT2D eigenvalue weighted by atomic mass is 9.99. The molecule has 3 aromatic rings. The van der Waals surface area contributed by atoms with Gasteiger partial charge in [-0.1, -0.05) is 11.6 Å². The summed E-state index contributed by atoms with van der Waals surface area (Å²) in [6, 6.07) is 10.3. The predicted octanol–water partition coefficient (Wildman–Crippen LogP) is 3.66. The molecule has 3 heterocycles. The van der Waals surface area contributed by atoms with E-state index in [2.05, 4.69) is 9.97 Å². The third-order valence-corrected chi connectivity index (χ3v) is 4.61. The second-order valence-corrected chi connectivity index (χ2v) is 6.61. The number of carbonyl (C=O) groups excluding carboxylic acids is 2. The molecule has 1 unspecified atom stereocenters. The van der Waals surface area contributed by atoms with Crippen LogP contribution in [0.1, 0.15) is 23.1 Å². The molecule has 0 bridgehead atoms. The minimum Gasteiger partial charge on any atom is -0.507 e. The maximum Gasteiger partial charge on any atom is 0.302 e. The largest absolute Gasteiger partial charge is 0.507 e. The van der Waals surface area contributed by atoms with E-state index in [4.69, 9.17) is 16.0 Å². The molecular formula is C20H14ClN3O4. The second kappa shape index (κ2) is 6.94. The molecule has 1 saturated heterocycles. The normalized spacial score (nSPS) is 18.6. The van der Waals surface area contributed by atoms with Crippen molar-refractivity contribution < 1.29 is 19.1 Å². The van der Waals surface area contributed by atoms with Gasteiger partial charge in [0.05, 0.1) is 5.57 Å². The highest BCUT2D eigenvalue weighted by atomic mass is 35.5. The summed E-state index contributed by atoms with van der Waals surface area (Å²) in [5, 5.41) is 11.3. The van der Waals surface area contributed by atoms with Crippen LogP contribution in [-0.2, 0) is 9.59 Å². The number of aliphatic hydroxyl groups excluding tert-OH is 1. The molecule has 140 valence electrons. The van der Waals surface area contributed by atoms with E-state index >= 15 is 0 Å². The van der Waals surface area contributed by atoms with E-state index < -0.39 is 17.7 Å². The molecule has 1 aliphatic rings. The Labute approximate surface area is 164 Å². The third-order valence-electron chi connectivity index (χ3n) is 4.36. The van der Waals surface area contributed by atoms with Gasteiger partial charge in [-0.15, -0.1) is 0 Å². The topological polar surface area (TPSA) is 96.5 Å². The number of aromatic nitrogens is 2. The number of ketones is 1. The zero-order valence-electron chi connectivity index (χ0n) is 14.7. The van der Waals surface area contributed by atoms with E-state index in [0.717, 1.165) is 4.90 Å². The molecule has 8 heteroatoms. The standard InChI is InChI=1S/C20H14ClN3O4/c1-11-3-8-14(28-11)16-15(17(25)12-4-6-13(21)7-5-12)18(26)19(27)24(16)20-22-9-2-10-23-20/h2-10,16,25H,1H3/b17-15-. The number of nitrogens with zero attached hydrogens (tertiary/aromatic N) is 3. The molecule has 7 nitrogen and oxygen atoms in total. The Morgan fingerprint density at radius 1 is 1.11 bits per heavy atom. The molecule has 1 N–H and O–H groups in total. The summed E-state index contributed by atoms with van der Waals surface area (Å²) in [5.74, 6) is -1.06. The molecule has 1 fully saturated rings. The van der Waals surface area contributed by atoms with Crippen LogP contribution in [0.15, 0.2) is 64.8 Å². The lowest BCUT2D eigenvalue weighted by Crippen LogP contribution is -2.30.